The predicted octanol–water partition coefficient (Wildman–Crippen LogP) is 1.21. The molecule has 1 fully saturated rings. The minimum atomic E-state index is -4.54. The van der Waals surface area contributed by atoms with Gasteiger partial charge in [-0.3, -0.25) is 4.79 Å². The van der Waals surface area contributed by atoms with Gasteiger partial charge >= 0.3 is 6.18 Å². The van der Waals surface area contributed by atoms with Crippen LogP contribution >= 0.6 is 0 Å². The maximum absolute atomic E-state index is 12.9. The summed E-state index contributed by atoms with van der Waals surface area (Å²) in [6.45, 7) is 4.03. The van der Waals surface area contributed by atoms with Crippen molar-refractivity contribution in [2.75, 3.05) is 19.6 Å². The van der Waals surface area contributed by atoms with Gasteiger partial charge in [0, 0.05) is 37.3 Å². The van der Waals surface area contributed by atoms with Crippen LogP contribution in [-0.2, 0) is 16.1 Å². The molecule has 0 bridgehead atoms. The second kappa shape index (κ2) is 9.25. The molecule has 9 nitrogen and oxygen atoms in total. The number of carbonyl (C=O) groups excluding carboxylic acids is 1. The highest BCUT2D eigenvalue weighted by molar-refractivity contribution is 5.83. The SMILES string of the molecule is Cc1ccc2c([C@@H](C)NC(=O)[C@H]3CNC[C@@H](C(F)(F)F)O3)nn(CCCNO)c2n1. The van der Waals surface area contributed by atoms with E-state index in [2.05, 4.69) is 26.2 Å². The number of hydrogen-bond acceptors (Lipinski definition) is 7. The van der Waals surface area contributed by atoms with Crippen molar-refractivity contribution in [3.63, 3.8) is 0 Å². The lowest BCUT2D eigenvalue weighted by Gasteiger charge is -2.31. The Kier molecular flexibility index (Phi) is 6.91. The van der Waals surface area contributed by atoms with Crippen molar-refractivity contribution in [1.29, 1.82) is 0 Å². The maximum atomic E-state index is 12.9. The first-order valence-electron chi connectivity index (χ1n) is 9.65. The second-order valence-electron chi connectivity index (χ2n) is 7.24. The van der Waals surface area contributed by atoms with Crippen molar-refractivity contribution in [2.24, 2.45) is 0 Å². The number of alkyl halides is 3. The molecule has 4 N–H and O–H groups in total. The van der Waals surface area contributed by atoms with E-state index in [0.29, 0.717) is 30.9 Å². The van der Waals surface area contributed by atoms with Crippen LogP contribution in [0.25, 0.3) is 11.0 Å². The molecule has 1 amide bonds. The number of nitrogens with one attached hydrogen (secondary N) is 3. The van der Waals surface area contributed by atoms with Gasteiger partial charge in [0.1, 0.15) is 6.10 Å². The number of aromatic nitrogens is 3. The lowest BCUT2D eigenvalue weighted by Crippen LogP contribution is -2.55. The summed E-state index contributed by atoms with van der Waals surface area (Å²) in [6.07, 6.45) is -7.22. The van der Waals surface area contributed by atoms with E-state index >= 15 is 0 Å². The summed E-state index contributed by atoms with van der Waals surface area (Å²) < 4.78 is 45.4. The van der Waals surface area contributed by atoms with Crippen molar-refractivity contribution in [3.05, 3.63) is 23.5 Å². The van der Waals surface area contributed by atoms with Crippen LogP contribution in [0.2, 0.25) is 0 Å². The van der Waals surface area contributed by atoms with Gasteiger partial charge < -0.3 is 20.6 Å². The average molecular weight is 430 g/mol. The Balaban J connectivity index is 1.76. The van der Waals surface area contributed by atoms with E-state index in [1.54, 1.807) is 11.6 Å². The highest BCUT2D eigenvalue weighted by atomic mass is 19.4. The highest BCUT2D eigenvalue weighted by Crippen LogP contribution is 2.26. The van der Waals surface area contributed by atoms with Gasteiger partial charge in [-0.2, -0.15) is 18.3 Å². The molecule has 0 spiro atoms. The Morgan fingerprint density at radius 1 is 1.43 bits per heavy atom. The van der Waals surface area contributed by atoms with Crippen molar-refractivity contribution in [3.8, 4) is 0 Å². The van der Waals surface area contributed by atoms with Crippen molar-refractivity contribution in [2.45, 2.75) is 51.2 Å². The Hall–Kier alpha value is -2.28. The maximum Gasteiger partial charge on any atom is 0.415 e. The normalized spacial score (nSPS) is 21.0. The molecular weight excluding hydrogens is 405 g/mol. The Labute approximate surface area is 170 Å². The summed E-state index contributed by atoms with van der Waals surface area (Å²) in [5.41, 5.74) is 4.07. The average Bonchev–Trinajstić information content (AvgIpc) is 3.05. The van der Waals surface area contributed by atoms with Gasteiger partial charge in [0.05, 0.1) is 11.7 Å². The predicted molar refractivity (Wildman–Crippen MR) is 101 cm³/mol. The topological polar surface area (TPSA) is 113 Å². The number of pyridine rings is 1. The van der Waals surface area contributed by atoms with Crippen LogP contribution < -0.4 is 16.1 Å². The fourth-order valence-corrected chi connectivity index (χ4v) is 3.32. The number of nitrogens with zero attached hydrogens (tertiary/aromatic N) is 3. The molecule has 2 aromatic rings. The van der Waals surface area contributed by atoms with Gasteiger partial charge in [-0.15, -0.1) is 0 Å². The van der Waals surface area contributed by atoms with E-state index in [9.17, 15) is 18.0 Å². The minimum Gasteiger partial charge on any atom is -0.353 e. The third kappa shape index (κ3) is 5.06. The number of rotatable bonds is 7. The van der Waals surface area contributed by atoms with E-state index in [1.165, 1.54) is 0 Å². The first kappa shape index (κ1) is 22.4. The highest BCUT2D eigenvalue weighted by Gasteiger charge is 2.45. The number of amides is 1. The van der Waals surface area contributed by atoms with Crippen LogP contribution in [0.4, 0.5) is 13.2 Å². The van der Waals surface area contributed by atoms with Crippen molar-refractivity contribution < 1.29 is 27.9 Å². The minimum absolute atomic E-state index is 0.00473. The van der Waals surface area contributed by atoms with Crippen LogP contribution in [0.1, 0.15) is 30.8 Å². The van der Waals surface area contributed by atoms with E-state index in [4.69, 9.17) is 9.94 Å². The number of carbonyl (C=O) groups is 1. The summed E-state index contributed by atoms with van der Waals surface area (Å²) >= 11 is 0. The van der Waals surface area contributed by atoms with Gasteiger partial charge in [0.15, 0.2) is 11.8 Å². The number of hydroxylamine groups is 1. The first-order chi connectivity index (χ1) is 14.2. The molecule has 3 atom stereocenters. The lowest BCUT2D eigenvalue weighted by atomic mass is 10.1. The number of aryl methyl sites for hydroxylation is 2. The van der Waals surface area contributed by atoms with Gasteiger partial charge in [0.25, 0.3) is 5.91 Å². The summed E-state index contributed by atoms with van der Waals surface area (Å²) in [6, 6.07) is 3.10. The fraction of sp³-hybridized carbons (Fsp3) is 0.611. The quantitative estimate of drug-likeness (QED) is 0.386. The molecule has 0 aromatic carbocycles. The molecule has 1 saturated heterocycles. The molecule has 166 valence electrons. The Morgan fingerprint density at radius 2 is 2.20 bits per heavy atom. The van der Waals surface area contributed by atoms with E-state index in [1.807, 2.05) is 19.1 Å². The van der Waals surface area contributed by atoms with Crippen molar-refractivity contribution >= 4 is 16.9 Å². The molecule has 0 unspecified atom stereocenters. The molecule has 0 radical (unpaired) electrons. The van der Waals surface area contributed by atoms with E-state index < -0.39 is 30.3 Å². The third-order valence-corrected chi connectivity index (χ3v) is 4.84. The second-order valence-corrected chi connectivity index (χ2v) is 7.24. The van der Waals surface area contributed by atoms with Crippen molar-refractivity contribution in [1.82, 2.24) is 30.9 Å². The molecule has 1 aliphatic rings. The monoisotopic (exact) mass is 430 g/mol. The Morgan fingerprint density at radius 3 is 2.90 bits per heavy atom. The lowest BCUT2D eigenvalue weighted by molar-refractivity contribution is -0.237. The third-order valence-electron chi connectivity index (χ3n) is 4.84. The molecule has 3 rings (SSSR count). The molecule has 3 heterocycles. The fourth-order valence-electron chi connectivity index (χ4n) is 3.32. The van der Waals surface area contributed by atoms with Crippen LogP contribution in [0.3, 0.4) is 0 Å². The van der Waals surface area contributed by atoms with Gasteiger partial charge in [0.2, 0.25) is 0 Å². The molecule has 1 aliphatic heterocycles. The van der Waals surface area contributed by atoms with E-state index in [-0.39, 0.29) is 13.1 Å². The summed E-state index contributed by atoms with van der Waals surface area (Å²) in [4.78, 5) is 17.0. The number of morpholine rings is 1. The van der Waals surface area contributed by atoms with Crippen LogP contribution in [0.5, 0.6) is 0 Å². The zero-order valence-electron chi connectivity index (χ0n) is 16.7. The van der Waals surface area contributed by atoms with Crippen LogP contribution in [-0.4, -0.2) is 63.9 Å². The standard InChI is InChI=1S/C18H25F3N6O3/c1-10-4-5-12-15(26-27(16(12)24-10)7-3-6-23-29)11(2)25-17(28)13-8-22-9-14(30-13)18(19,20)21/h4-5,11,13-14,22-23,29H,3,6-9H2,1-2H3,(H,25,28)/t11-,13-,14+/m1/s1. The number of hydrogen-bond donors (Lipinski definition) is 4. The van der Waals surface area contributed by atoms with E-state index in [0.717, 1.165) is 11.1 Å². The summed E-state index contributed by atoms with van der Waals surface area (Å²) in [7, 11) is 0. The molecular formula is C18H25F3N6O3. The number of halogens is 3. The molecule has 12 heteroatoms. The summed E-state index contributed by atoms with van der Waals surface area (Å²) in [5, 5.41) is 19.3. The molecule has 0 aliphatic carbocycles. The summed E-state index contributed by atoms with van der Waals surface area (Å²) in [5.74, 6) is -0.642. The number of ether oxygens (including phenoxy) is 1. The Bertz CT molecular complexity index is 888. The zero-order chi connectivity index (χ0) is 21.9. The van der Waals surface area contributed by atoms with Gasteiger partial charge in [-0.25, -0.2) is 15.1 Å². The zero-order valence-corrected chi connectivity index (χ0v) is 16.7. The largest absolute Gasteiger partial charge is 0.415 e. The smallest absolute Gasteiger partial charge is 0.353 e. The first-order valence-corrected chi connectivity index (χ1v) is 9.65. The molecule has 0 saturated carbocycles. The van der Waals surface area contributed by atoms with Gasteiger partial charge in [-0.05, 0) is 32.4 Å². The molecule has 30 heavy (non-hydrogen) atoms. The van der Waals surface area contributed by atoms with Crippen LogP contribution in [0.15, 0.2) is 12.1 Å². The number of fused-ring (bicyclic) bond motifs is 1. The van der Waals surface area contributed by atoms with Gasteiger partial charge in [-0.1, -0.05) is 0 Å². The molecule has 2 aromatic heterocycles. The van der Waals surface area contributed by atoms with Crippen LogP contribution in [0, 0.1) is 6.92 Å².